The van der Waals surface area contributed by atoms with E-state index < -0.39 is 22.1 Å². The predicted octanol–water partition coefficient (Wildman–Crippen LogP) is 5.54. The molecule has 3 atom stereocenters. The van der Waals surface area contributed by atoms with Crippen LogP contribution >= 0.6 is 0 Å². The first-order valence-electron chi connectivity index (χ1n) is 14.2. The molecule has 10 heteroatoms. The maximum Gasteiger partial charge on any atom is 0.304 e. The minimum Gasteiger partial charge on any atom is -0.492 e. The maximum absolute atomic E-state index is 15.3. The highest BCUT2D eigenvalue weighted by Gasteiger charge is 2.33. The summed E-state index contributed by atoms with van der Waals surface area (Å²) in [5.41, 5.74) is 6.32. The van der Waals surface area contributed by atoms with Crippen LogP contribution in [0.4, 0.5) is 4.39 Å². The van der Waals surface area contributed by atoms with Crippen LogP contribution in [0, 0.1) is 19.7 Å². The fraction of sp³-hybridized carbons (Fsp3) is 0.406. The molecule has 0 aromatic heterocycles. The number of rotatable bonds is 7. The zero-order chi connectivity index (χ0) is 29.8. The zero-order valence-electron chi connectivity index (χ0n) is 23.9. The fourth-order valence-corrected chi connectivity index (χ4v) is 7.80. The molecule has 222 valence electrons. The lowest BCUT2D eigenvalue weighted by Crippen LogP contribution is -2.44. The Morgan fingerprint density at radius 1 is 1.07 bits per heavy atom. The molecule has 1 N–H and O–H groups in total. The van der Waals surface area contributed by atoms with Crippen LogP contribution in [-0.2, 0) is 21.2 Å². The third-order valence-corrected chi connectivity index (χ3v) is 10.4. The molecule has 42 heavy (non-hydrogen) atoms. The first-order valence-corrected chi connectivity index (χ1v) is 15.8. The quantitative estimate of drug-likeness (QED) is 0.383. The van der Waals surface area contributed by atoms with Gasteiger partial charge in [-0.05, 0) is 78.8 Å². The summed E-state index contributed by atoms with van der Waals surface area (Å²) in [5, 5.41) is 9.16. The molecule has 3 aromatic carbocycles. The number of nitrogens with zero attached hydrogens (tertiary/aromatic N) is 1. The van der Waals surface area contributed by atoms with Gasteiger partial charge in [-0.3, -0.25) is 4.79 Å². The average molecular weight is 596 g/mol. The highest BCUT2D eigenvalue weighted by atomic mass is 32.2. The molecule has 0 radical (unpaired) electrons. The van der Waals surface area contributed by atoms with E-state index in [0.717, 1.165) is 33.4 Å². The highest BCUT2D eigenvalue weighted by Crippen LogP contribution is 2.45. The molecule has 0 spiro atoms. The van der Waals surface area contributed by atoms with E-state index in [9.17, 15) is 13.2 Å². The van der Waals surface area contributed by atoms with Crippen LogP contribution in [0.1, 0.15) is 59.1 Å². The summed E-state index contributed by atoms with van der Waals surface area (Å²) in [6.45, 7) is 4.65. The lowest BCUT2D eigenvalue weighted by molar-refractivity contribution is -0.137. The summed E-state index contributed by atoms with van der Waals surface area (Å²) in [7, 11) is -1.63. The molecule has 0 saturated carbocycles. The number of aryl methyl sites for hydroxylation is 2. The van der Waals surface area contributed by atoms with Crippen molar-refractivity contribution >= 4 is 16.0 Å². The van der Waals surface area contributed by atoms with Crippen molar-refractivity contribution in [2.24, 2.45) is 0 Å². The van der Waals surface area contributed by atoms with Gasteiger partial charge in [0, 0.05) is 36.6 Å². The molecule has 2 aliphatic heterocycles. The van der Waals surface area contributed by atoms with Gasteiger partial charge in [-0.15, -0.1) is 0 Å². The van der Waals surface area contributed by atoms with Crippen LogP contribution in [0.5, 0.6) is 17.2 Å². The van der Waals surface area contributed by atoms with Gasteiger partial charge in [0.2, 0.25) is 10.0 Å². The maximum atomic E-state index is 15.3. The Morgan fingerprint density at radius 3 is 2.55 bits per heavy atom. The van der Waals surface area contributed by atoms with Crippen LogP contribution in [0.15, 0.2) is 42.5 Å². The lowest BCUT2D eigenvalue weighted by Gasteiger charge is -2.30. The van der Waals surface area contributed by atoms with Gasteiger partial charge in [0.05, 0.1) is 25.3 Å². The molecule has 1 aliphatic carbocycles. The summed E-state index contributed by atoms with van der Waals surface area (Å²) in [6, 6.07) is 12.7. The van der Waals surface area contributed by atoms with E-state index in [1.807, 2.05) is 38.1 Å². The van der Waals surface area contributed by atoms with Gasteiger partial charge in [0.1, 0.15) is 35.3 Å². The summed E-state index contributed by atoms with van der Waals surface area (Å²) in [4.78, 5) is 11.2. The molecule has 0 amide bonds. The molecule has 8 nitrogen and oxygen atoms in total. The van der Waals surface area contributed by atoms with Crippen LogP contribution in [0.3, 0.4) is 0 Å². The predicted molar refractivity (Wildman–Crippen MR) is 155 cm³/mol. The molecular formula is C32H34FNO7S. The Bertz CT molecular complexity index is 1650. The van der Waals surface area contributed by atoms with Crippen molar-refractivity contribution in [1.29, 1.82) is 0 Å². The van der Waals surface area contributed by atoms with Crippen molar-refractivity contribution in [3.63, 3.8) is 0 Å². The summed E-state index contributed by atoms with van der Waals surface area (Å²) in [6.07, 6.45) is 1.06. The third-order valence-electron chi connectivity index (χ3n) is 8.56. The number of carboxylic acid groups (broad SMARTS) is 1. The number of sulfonamides is 1. The van der Waals surface area contributed by atoms with Crippen molar-refractivity contribution in [2.45, 2.75) is 57.7 Å². The van der Waals surface area contributed by atoms with Crippen LogP contribution in [-0.4, -0.2) is 55.9 Å². The van der Waals surface area contributed by atoms with E-state index in [2.05, 4.69) is 0 Å². The topological polar surface area (TPSA) is 102 Å². The second-order valence-corrected chi connectivity index (χ2v) is 13.7. The summed E-state index contributed by atoms with van der Waals surface area (Å²) < 4.78 is 59.0. The average Bonchev–Trinajstić information content (AvgIpc) is 3.52. The Hall–Kier alpha value is -3.63. The standard InChI is InChI=1S/C32H34FNO7S/c1-18-12-23(40-22-10-11-42(37,38)34(3)16-22)13-19(2)31(18)25-6-8-27(33)32-26(25)7-9-28(32)41-21-4-5-24-20(14-30(35)36)17-39-29(24)15-21/h4-6,8,12-13,15,20,22,28H,7,9-11,14,16-17H2,1-3H3,(H,35,36)/t20-,22?,28?/m1/s1. The Labute approximate surface area is 245 Å². The highest BCUT2D eigenvalue weighted by molar-refractivity contribution is 7.89. The number of carboxylic acids is 1. The van der Waals surface area contributed by atoms with Crippen molar-refractivity contribution in [2.75, 3.05) is 26.0 Å². The molecule has 2 unspecified atom stereocenters. The Morgan fingerprint density at radius 2 is 1.83 bits per heavy atom. The minimum atomic E-state index is -3.20. The van der Waals surface area contributed by atoms with Gasteiger partial charge in [0.25, 0.3) is 0 Å². The van der Waals surface area contributed by atoms with Gasteiger partial charge in [-0.25, -0.2) is 17.1 Å². The van der Waals surface area contributed by atoms with E-state index >= 15 is 4.39 Å². The SMILES string of the molecule is Cc1cc(OC2CCS(=O)(=O)N(C)C2)cc(C)c1-c1ccc(F)c2c1CCC2Oc1ccc2c(c1)OC[C@H]2CC(=O)O. The number of carbonyl (C=O) groups is 1. The number of likely N-dealkylation sites (N-methyl/N-ethyl adjacent to an activating group) is 1. The van der Waals surface area contributed by atoms with E-state index in [0.29, 0.717) is 55.2 Å². The van der Waals surface area contributed by atoms with Crippen molar-refractivity contribution < 1.29 is 36.9 Å². The van der Waals surface area contributed by atoms with Crippen LogP contribution in [0.2, 0.25) is 0 Å². The number of benzene rings is 3. The minimum absolute atomic E-state index is 0.00534. The Kier molecular flexibility index (Phi) is 7.39. The molecule has 3 aromatic rings. The normalized spacial score (nSPS) is 22.7. The van der Waals surface area contributed by atoms with Crippen LogP contribution < -0.4 is 14.2 Å². The van der Waals surface area contributed by atoms with Gasteiger partial charge < -0.3 is 19.3 Å². The number of hydrogen-bond acceptors (Lipinski definition) is 6. The number of ether oxygens (including phenoxy) is 3. The zero-order valence-corrected chi connectivity index (χ0v) is 24.7. The monoisotopic (exact) mass is 595 g/mol. The van der Waals surface area contributed by atoms with Gasteiger partial charge >= 0.3 is 5.97 Å². The lowest BCUT2D eigenvalue weighted by atomic mass is 9.90. The van der Waals surface area contributed by atoms with E-state index in [1.54, 1.807) is 19.2 Å². The number of fused-ring (bicyclic) bond motifs is 2. The van der Waals surface area contributed by atoms with Crippen molar-refractivity contribution in [3.8, 4) is 28.4 Å². The summed E-state index contributed by atoms with van der Waals surface area (Å²) in [5.74, 6) is 0.565. The van der Waals surface area contributed by atoms with E-state index in [1.165, 1.54) is 10.4 Å². The second-order valence-electron chi connectivity index (χ2n) is 11.5. The first-order chi connectivity index (χ1) is 20.0. The first kappa shape index (κ1) is 28.5. The summed E-state index contributed by atoms with van der Waals surface area (Å²) >= 11 is 0. The molecule has 1 fully saturated rings. The largest absolute Gasteiger partial charge is 0.492 e. The number of aliphatic carboxylic acids is 1. The second kappa shape index (κ2) is 10.9. The van der Waals surface area contributed by atoms with Crippen molar-refractivity contribution in [3.05, 3.63) is 76.1 Å². The molecule has 0 bridgehead atoms. The van der Waals surface area contributed by atoms with Crippen LogP contribution in [0.25, 0.3) is 11.1 Å². The fourth-order valence-electron chi connectivity index (χ4n) is 6.53. The van der Waals surface area contributed by atoms with E-state index in [-0.39, 0.29) is 30.0 Å². The van der Waals surface area contributed by atoms with Crippen molar-refractivity contribution in [1.82, 2.24) is 4.31 Å². The number of halogens is 1. The molecule has 3 aliphatic rings. The molecular weight excluding hydrogens is 561 g/mol. The Balaban J connectivity index is 1.24. The van der Waals surface area contributed by atoms with Gasteiger partial charge in [0.15, 0.2) is 0 Å². The number of hydrogen-bond donors (Lipinski definition) is 1. The van der Waals surface area contributed by atoms with Gasteiger partial charge in [-0.2, -0.15) is 0 Å². The molecule has 1 saturated heterocycles. The van der Waals surface area contributed by atoms with Gasteiger partial charge in [-0.1, -0.05) is 12.1 Å². The smallest absolute Gasteiger partial charge is 0.304 e. The molecule has 6 rings (SSSR count). The molecule has 2 heterocycles. The van der Waals surface area contributed by atoms with E-state index in [4.69, 9.17) is 19.3 Å². The third kappa shape index (κ3) is 5.33.